The van der Waals surface area contributed by atoms with E-state index >= 15 is 0 Å². The fraction of sp³-hybridized carbons (Fsp3) is 0.222. The number of ether oxygens (including phenoxy) is 1. The summed E-state index contributed by atoms with van der Waals surface area (Å²) >= 11 is 7.77. The zero-order valence-corrected chi connectivity index (χ0v) is 15.5. The van der Waals surface area contributed by atoms with Gasteiger partial charge in [0.05, 0.1) is 14.8 Å². The highest BCUT2D eigenvalue weighted by Gasteiger charge is 2.36. The van der Waals surface area contributed by atoms with Crippen molar-refractivity contribution in [3.63, 3.8) is 0 Å². The van der Waals surface area contributed by atoms with Gasteiger partial charge in [0.1, 0.15) is 11.9 Å². The molecule has 6 heteroatoms. The molecule has 3 nitrogen and oxygen atoms in total. The van der Waals surface area contributed by atoms with Gasteiger partial charge < -0.3 is 4.74 Å². The van der Waals surface area contributed by atoms with Gasteiger partial charge in [0.2, 0.25) is 9.84 Å². The minimum absolute atomic E-state index is 0.128. The molecule has 0 saturated carbocycles. The van der Waals surface area contributed by atoms with Crippen LogP contribution in [0.5, 0.6) is 0 Å². The maximum atomic E-state index is 13.2. The van der Waals surface area contributed by atoms with Crippen molar-refractivity contribution in [2.45, 2.75) is 17.4 Å². The lowest BCUT2D eigenvalue weighted by Gasteiger charge is -2.11. The van der Waals surface area contributed by atoms with Crippen LogP contribution >= 0.6 is 23.4 Å². The van der Waals surface area contributed by atoms with E-state index in [0.29, 0.717) is 17.1 Å². The van der Waals surface area contributed by atoms with Gasteiger partial charge in [-0.15, -0.1) is 0 Å². The maximum Gasteiger partial charge on any atom is 0.208 e. The lowest BCUT2D eigenvalue weighted by Crippen LogP contribution is -2.11. The fourth-order valence-electron chi connectivity index (χ4n) is 2.70. The predicted molar refractivity (Wildman–Crippen MR) is 99.9 cm³/mol. The van der Waals surface area contributed by atoms with Crippen LogP contribution in [0.15, 0.2) is 64.4 Å². The molecule has 2 aromatic rings. The van der Waals surface area contributed by atoms with E-state index in [0.717, 1.165) is 11.3 Å². The Kier molecular flexibility index (Phi) is 5.23. The van der Waals surface area contributed by atoms with Gasteiger partial charge in [-0.05, 0) is 18.4 Å². The first-order valence-electron chi connectivity index (χ1n) is 7.48. The smallest absolute Gasteiger partial charge is 0.208 e. The van der Waals surface area contributed by atoms with E-state index in [4.69, 9.17) is 16.3 Å². The van der Waals surface area contributed by atoms with E-state index in [2.05, 4.69) is 0 Å². The van der Waals surface area contributed by atoms with Crippen molar-refractivity contribution in [2.24, 2.45) is 0 Å². The highest BCUT2D eigenvalue weighted by Crippen LogP contribution is 2.40. The Morgan fingerprint density at radius 3 is 2.46 bits per heavy atom. The molecule has 24 heavy (non-hydrogen) atoms. The summed E-state index contributed by atoms with van der Waals surface area (Å²) in [5, 5.41) is 0.228. The van der Waals surface area contributed by atoms with Crippen molar-refractivity contribution < 1.29 is 13.2 Å². The van der Waals surface area contributed by atoms with E-state index in [1.807, 2.05) is 36.6 Å². The number of hydrogen-bond donors (Lipinski definition) is 0. The summed E-state index contributed by atoms with van der Waals surface area (Å²) < 4.78 is 32.3. The average molecular weight is 381 g/mol. The molecule has 1 atom stereocenters. The van der Waals surface area contributed by atoms with Crippen molar-refractivity contribution in [1.29, 1.82) is 0 Å². The first-order chi connectivity index (χ1) is 11.5. The summed E-state index contributed by atoms with van der Waals surface area (Å²) in [5.74, 6) is 1.17. The van der Waals surface area contributed by atoms with Crippen molar-refractivity contribution in [2.75, 3.05) is 12.0 Å². The number of benzene rings is 2. The minimum atomic E-state index is -3.70. The number of thioether (sulfide) groups is 1. The third-order valence-electron chi connectivity index (χ3n) is 3.79. The van der Waals surface area contributed by atoms with Crippen molar-refractivity contribution >= 4 is 39.0 Å². The third-order valence-corrected chi connectivity index (χ3v) is 6.87. The summed E-state index contributed by atoms with van der Waals surface area (Å²) in [4.78, 5) is 0.435. The van der Waals surface area contributed by atoms with Gasteiger partial charge in [0.25, 0.3) is 0 Å². The van der Waals surface area contributed by atoms with Crippen LogP contribution in [0.2, 0.25) is 5.02 Å². The molecule has 0 saturated heterocycles. The second kappa shape index (κ2) is 7.21. The van der Waals surface area contributed by atoms with Crippen LogP contribution in [0.25, 0.3) is 5.76 Å². The first-order valence-corrected chi connectivity index (χ1v) is 10.7. The van der Waals surface area contributed by atoms with Crippen LogP contribution in [-0.2, 0) is 14.6 Å². The summed E-state index contributed by atoms with van der Waals surface area (Å²) in [6.45, 7) is 0. The predicted octanol–water partition coefficient (Wildman–Crippen LogP) is 4.63. The molecule has 0 aromatic heterocycles. The Balaban J connectivity index is 2.12. The Labute approximate surface area is 151 Å². The maximum absolute atomic E-state index is 13.2. The Morgan fingerprint density at radius 2 is 1.79 bits per heavy atom. The van der Waals surface area contributed by atoms with Gasteiger partial charge in [-0.2, -0.15) is 11.8 Å². The monoisotopic (exact) mass is 380 g/mol. The second-order valence-corrected chi connectivity index (χ2v) is 8.71. The number of hydrogen-bond acceptors (Lipinski definition) is 4. The van der Waals surface area contributed by atoms with E-state index in [9.17, 15) is 8.42 Å². The minimum Gasteiger partial charge on any atom is -0.488 e. The van der Waals surface area contributed by atoms with Crippen LogP contribution < -0.4 is 0 Å². The van der Waals surface area contributed by atoms with Crippen molar-refractivity contribution in [1.82, 2.24) is 0 Å². The molecule has 0 N–H and O–H groups in total. The molecular weight excluding hydrogens is 364 g/mol. The number of rotatable bonds is 5. The lowest BCUT2D eigenvalue weighted by atomic mass is 10.2. The Hall–Kier alpha value is -1.43. The van der Waals surface area contributed by atoms with Gasteiger partial charge in [-0.3, -0.25) is 0 Å². The van der Waals surface area contributed by atoms with Crippen molar-refractivity contribution in [3.8, 4) is 0 Å². The quantitative estimate of drug-likeness (QED) is 0.758. The molecule has 126 valence electrons. The summed E-state index contributed by atoms with van der Waals surface area (Å²) in [5.41, 5.74) is 0.770. The molecule has 0 fully saturated rings. The highest BCUT2D eigenvalue weighted by atomic mass is 35.5. The van der Waals surface area contributed by atoms with Crippen LogP contribution in [0, 0.1) is 0 Å². The normalized spacial score (nSPS) is 17.8. The van der Waals surface area contributed by atoms with E-state index in [1.54, 1.807) is 30.0 Å². The Morgan fingerprint density at radius 1 is 1.12 bits per heavy atom. The van der Waals surface area contributed by atoms with Crippen LogP contribution in [0.3, 0.4) is 0 Å². The zero-order chi connectivity index (χ0) is 17.2. The molecule has 1 unspecified atom stereocenters. The molecular formula is C18H17ClO3S2. The number of sulfone groups is 1. The van der Waals surface area contributed by atoms with Crippen LogP contribution in [0.1, 0.15) is 12.0 Å². The number of halogens is 1. The fourth-order valence-corrected chi connectivity index (χ4v) is 5.36. The van der Waals surface area contributed by atoms with Gasteiger partial charge in [-0.25, -0.2) is 8.42 Å². The molecule has 1 heterocycles. The van der Waals surface area contributed by atoms with E-state index in [-0.39, 0.29) is 16.0 Å². The zero-order valence-electron chi connectivity index (χ0n) is 13.1. The lowest BCUT2D eigenvalue weighted by molar-refractivity contribution is 0.215. The summed E-state index contributed by atoms with van der Waals surface area (Å²) in [7, 11) is -3.70. The third kappa shape index (κ3) is 3.34. The molecule has 0 amide bonds. The van der Waals surface area contributed by atoms with E-state index < -0.39 is 9.84 Å². The molecule has 2 aromatic carbocycles. The van der Waals surface area contributed by atoms with E-state index in [1.165, 1.54) is 6.07 Å². The standard InChI is InChI=1S/C18H17ClO3S2/c1-23-12-14-11-17(18(22-14)13-7-3-2-4-8-13)24(20,21)16-10-6-5-9-15(16)19/h2-10,14H,11-12H2,1H3. The van der Waals surface area contributed by atoms with Crippen LogP contribution in [0.4, 0.5) is 0 Å². The van der Waals surface area contributed by atoms with Gasteiger partial charge >= 0.3 is 0 Å². The van der Waals surface area contributed by atoms with Gasteiger partial charge in [-0.1, -0.05) is 54.1 Å². The van der Waals surface area contributed by atoms with Crippen LogP contribution in [-0.4, -0.2) is 26.5 Å². The molecule has 3 rings (SSSR count). The molecule has 1 aliphatic rings. The first kappa shape index (κ1) is 17.4. The highest BCUT2D eigenvalue weighted by molar-refractivity contribution is 7.98. The molecule has 1 aliphatic heterocycles. The topological polar surface area (TPSA) is 43.4 Å². The average Bonchev–Trinajstić information content (AvgIpc) is 3.01. The second-order valence-electron chi connectivity index (χ2n) is 5.45. The molecule has 0 bridgehead atoms. The molecule has 0 spiro atoms. The van der Waals surface area contributed by atoms with Gasteiger partial charge in [0.15, 0.2) is 0 Å². The SMILES string of the molecule is CSCC1CC(S(=O)(=O)c2ccccc2Cl)=C(c2ccccc2)O1. The van der Waals surface area contributed by atoms with Crippen molar-refractivity contribution in [3.05, 3.63) is 70.1 Å². The summed E-state index contributed by atoms with van der Waals surface area (Å²) in [6, 6.07) is 15.9. The summed E-state index contributed by atoms with van der Waals surface area (Å²) in [6.07, 6.45) is 2.19. The largest absolute Gasteiger partial charge is 0.488 e. The Bertz CT molecular complexity index is 861. The molecule has 0 radical (unpaired) electrons. The van der Waals surface area contributed by atoms with Gasteiger partial charge in [0, 0.05) is 17.7 Å². The molecule has 0 aliphatic carbocycles.